The second kappa shape index (κ2) is 10.1. The monoisotopic (exact) mass is 562 g/mol. The van der Waals surface area contributed by atoms with E-state index in [1.165, 1.54) is 18.2 Å². The van der Waals surface area contributed by atoms with Crippen LogP contribution in [0.1, 0.15) is 27.7 Å². The highest BCUT2D eigenvalue weighted by Gasteiger charge is 2.39. The number of likely N-dealkylation sites (tertiary alicyclic amines) is 1. The van der Waals surface area contributed by atoms with Gasteiger partial charge in [0.15, 0.2) is 5.82 Å². The zero-order valence-corrected chi connectivity index (χ0v) is 20.3. The number of halogens is 5. The molecule has 208 valence electrons. The Morgan fingerprint density at radius 3 is 2.67 bits per heavy atom. The van der Waals surface area contributed by atoms with E-state index in [1.54, 1.807) is 0 Å². The highest BCUT2D eigenvalue weighted by Crippen LogP contribution is 2.39. The van der Waals surface area contributed by atoms with E-state index in [9.17, 15) is 31.5 Å². The number of nitrogens with zero attached hydrogens (tertiary/aromatic N) is 5. The van der Waals surface area contributed by atoms with Crippen LogP contribution in [-0.2, 0) is 6.18 Å². The molecule has 2 amide bonds. The fraction of sp³-hybridized carbons (Fsp3) is 0.240. The Kier molecular flexibility index (Phi) is 6.40. The zero-order chi connectivity index (χ0) is 29.5. The number of amides is 2. The number of ether oxygens (including phenoxy) is 1. The van der Waals surface area contributed by atoms with Crippen LogP contribution in [0.25, 0.3) is 16.8 Å². The summed E-state index contributed by atoms with van der Waals surface area (Å²) in [6.45, 7) is -0.694. The second-order valence-electron chi connectivity index (χ2n) is 8.85. The number of rotatable bonds is 5. The van der Waals surface area contributed by atoms with Crippen molar-refractivity contribution in [3.63, 3.8) is 0 Å². The molecule has 0 bridgehead atoms. The summed E-state index contributed by atoms with van der Waals surface area (Å²) in [5.74, 6) is -3.23. The molecule has 0 unspecified atom stereocenters. The summed E-state index contributed by atoms with van der Waals surface area (Å²) in [5.41, 5.74) is 3.37. The van der Waals surface area contributed by atoms with Gasteiger partial charge in [-0.1, -0.05) is 12.1 Å². The minimum Gasteiger partial charge on any atom is -0.480 e. The number of nitrogens with one attached hydrogen (secondary N) is 1. The Hall–Kier alpha value is -4.82. The molecule has 0 aliphatic carbocycles. The maximum absolute atomic E-state index is 14.9. The smallest absolute Gasteiger partial charge is 0.418 e. The lowest BCUT2D eigenvalue weighted by atomic mass is 10.1. The first kappa shape index (κ1) is 25.5. The number of hydrogen-bond acceptors (Lipinski definition) is 7. The summed E-state index contributed by atoms with van der Waals surface area (Å²) in [7, 11) is -0.650. The maximum Gasteiger partial charge on any atom is 0.418 e. The molecular weight excluding hydrogens is 541 g/mol. The molecule has 1 saturated heterocycles. The molecule has 0 spiro atoms. The van der Waals surface area contributed by atoms with E-state index in [0.29, 0.717) is 0 Å². The van der Waals surface area contributed by atoms with Crippen LogP contribution in [0.2, 0.25) is 0 Å². The van der Waals surface area contributed by atoms with E-state index >= 15 is 0 Å². The largest absolute Gasteiger partial charge is 0.480 e. The summed E-state index contributed by atoms with van der Waals surface area (Å²) in [6.07, 6.45) is -4.45. The van der Waals surface area contributed by atoms with Crippen LogP contribution in [0, 0.1) is 5.82 Å². The van der Waals surface area contributed by atoms with Gasteiger partial charge >= 0.3 is 6.18 Å². The van der Waals surface area contributed by atoms with Crippen molar-refractivity contribution in [3.05, 3.63) is 71.4 Å². The van der Waals surface area contributed by atoms with Gasteiger partial charge in [0.05, 0.1) is 37.9 Å². The van der Waals surface area contributed by atoms with Crippen LogP contribution in [0.3, 0.4) is 0 Å². The minimum absolute atomic E-state index is 0.00402. The highest BCUT2D eigenvalue weighted by molar-refractivity contribution is 5.98. The van der Waals surface area contributed by atoms with Crippen molar-refractivity contribution in [2.24, 2.45) is 0 Å². The molecule has 15 heteroatoms. The number of nitrogens with two attached hydrogens (primary N) is 1. The van der Waals surface area contributed by atoms with Gasteiger partial charge in [-0.3, -0.25) is 9.59 Å². The molecule has 0 saturated carbocycles. The number of carbonyl (C=O) groups is 2. The number of fused-ring (bicyclic) bond motifs is 1. The van der Waals surface area contributed by atoms with Crippen LogP contribution in [-0.4, -0.2) is 68.7 Å². The van der Waals surface area contributed by atoms with Crippen LogP contribution in [0.15, 0.2) is 48.9 Å². The standard InChI is InChI=1S/C25H20F5N7O3/c1-40-23-14(22(38)35-18-10-36(9-17(18)27)24(39)13-4-2-3-5-16(13)26)6-12(8-32-23)19-7-15(25(28,29)30)20-21(31)33-11-34-37(19)20/h2-8,11,17-18H,9-10H2,1H3,(H,35,38)(H2,31,33,34)/t17-,18+/m0/s1/i1D. The first-order valence-corrected chi connectivity index (χ1v) is 11.6. The van der Waals surface area contributed by atoms with Crippen LogP contribution in [0.5, 0.6) is 5.88 Å². The molecule has 3 N–H and O–H groups in total. The average Bonchev–Trinajstić information content (AvgIpc) is 3.51. The summed E-state index contributed by atoms with van der Waals surface area (Å²) < 4.78 is 83.6. The molecule has 4 heterocycles. The van der Waals surface area contributed by atoms with E-state index in [1.807, 2.05) is 0 Å². The predicted molar refractivity (Wildman–Crippen MR) is 131 cm³/mol. The molecule has 0 radical (unpaired) electrons. The third-order valence-electron chi connectivity index (χ3n) is 6.37. The third-order valence-corrected chi connectivity index (χ3v) is 6.37. The average molecular weight is 562 g/mol. The molecular formula is C25H20F5N7O3. The number of benzene rings is 1. The van der Waals surface area contributed by atoms with Gasteiger partial charge in [-0.25, -0.2) is 23.3 Å². The van der Waals surface area contributed by atoms with Gasteiger partial charge in [0.25, 0.3) is 11.8 Å². The molecule has 1 aliphatic rings. The summed E-state index contributed by atoms with van der Waals surface area (Å²) in [4.78, 5) is 34.6. The first-order chi connectivity index (χ1) is 19.5. The van der Waals surface area contributed by atoms with Crippen molar-refractivity contribution in [1.29, 1.82) is 0 Å². The highest BCUT2D eigenvalue weighted by atomic mass is 19.4. The Morgan fingerprint density at radius 1 is 1.18 bits per heavy atom. The van der Waals surface area contributed by atoms with E-state index in [2.05, 4.69) is 20.4 Å². The van der Waals surface area contributed by atoms with Gasteiger partial charge < -0.3 is 20.7 Å². The van der Waals surface area contributed by atoms with Gasteiger partial charge in [-0.15, -0.1) is 0 Å². The van der Waals surface area contributed by atoms with Crippen molar-refractivity contribution < 1.29 is 37.6 Å². The van der Waals surface area contributed by atoms with Crippen molar-refractivity contribution in [2.75, 3.05) is 25.9 Å². The van der Waals surface area contributed by atoms with Gasteiger partial charge in [-0.05, 0) is 24.3 Å². The van der Waals surface area contributed by atoms with Gasteiger partial charge in [0.1, 0.15) is 29.4 Å². The maximum atomic E-state index is 14.9. The molecule has 10 nitrogen and oxygen atoms in total. The van der Waals surface area contributed by atoms with E-state index in [4.69, 9.17) is 11.8 Å². The minimum atomic E-state index is -4.81. The number of anilines is 1. The van der Waals surface area contributed by atoms with Crippen LogP contribution < -0.4 is 15.8 Å². The van der Waals surface area contributed by atoms with Gasteiger partial charge in [0.2, 0.25) is 5.88 Å². The Balaban J connectivity index is 1.46. The molecule has 1 fully saturated rings. The molecule has 3 aromatic heterocycles. The lowest BCUT2D eigenvalue weighted by molar-refractivity contribution is -0.136. The second-order valence-corrected chi connectivity index (χ2v) is 8.85. The number of hydrogen-bond donors (Lipinski definition) is 2. The van der Waals surface area contributed by atoms with E-state index < -0.39 is 66.6 Å². The predicted octanol–water partition coefficient (Wildman–Crippen LogP) is 3.13. The van der Waals surface area contributed by atoms with Crippen molar-refractivity contribution >= 4 is 23.1 Å². The number of alkyl halides is 4. The van der Waals surface area contributed by atoms with Crippen molar-refractivity contribution in [3.8, 4) is 17.1 Å². The molecule has 2 atom stereocenters. The lowest BCUT2D eigenvalue weighted by Gasteiger charge is -2.17. The molecule has 4 aromatic rings. The molecule has 40 heavy (non-hydrogen) atoms. The van der Waals surface area contributed by atoms with Gasteiger partial charge in [-0.2, -0.15) is 18.3 Å². The number of methoxy groups -OCH3 is 1. The number of nitrogen functional groups attached to an aromatic ring is 1. The molecule has 1 aliphatic heterocycles. The Morgan fingerprint density at radius 2 is 1.95 bits per heavy atom. The topological polar surface area (TPSA) is 128 Å². The lowest BCUT2D eigenvalue weighted by Crippen LogP contribution is -2.42. The SMILES string of the molecule is [2H]COc1ncc(-c2cc(C(F)(F)F)c3c(N)ncnn23)cc1C(=O)N[C@@H]1CN(C(=O)c2ccccc2F)C[C@@H]1F. The zero-order valence-electron chi connectivity index (χ0n) is 21.3. The number of pyridine rings is 1. The van der Waals surface area contributed by atoms with Crippen LogP contribution in [0.4, 0.5) is 27.8 Å². The van der Waals surface area contributed by atoms with Crippen LogP contribution >= 0.6 is 0 Å². The molecule has 5 rings (SSSR count). The summed E-state index contributed by atoms with van der Waals surface area (Å²) in [6, 6.07) is 5.92. The fourth-order valence-electron chi connectivity index (χ4n) is 4.48. The normalized spacial score (nSPS) is 17.6. The molecule has 1 aromatic carbocycles. The van der Waals surface area contributed by atoms with Crippen molar-refractivity contribution in [2.45, 2.75) is 18.4 Å². The Bertz CT molecular complexity index is 1650. The first-order valence-electron chi connectivity index (χ1n) is 12.3. The van der Waals surface area contributed by atoms with E-state index in [0.717, 1.165) is 40.1 Å². The summed E-state index contributed by atoms with van der Waals surface area (Å²) in [5, 5.41) is 6.29. The third kappa shape index (κ3) is 4.74. The quantitative estimate of drug-likeness (QED) is 0.358. The fourth-order valence-corrected chi connectivity index (χ4v) is 4.48. The number of aromatic nitrogens is 4. The van der Waals surface area contributed by atoms with Crippen molar-refractivity contribution in [1.82, 2.24) is 29.8 Å². The number of carbonyl (C=O) groups excluding carboxylic acids is 2. The summed E-state index contributed by atoms with van der Waals surface area (Å²) >= 11 is 0. The van der Waals surface area contributed by atoms with Gasteiger partial charge in [0, 0.05) is 18.3 Å². The van der Waals surface area contributed by atoms with E-state index in [-0.39, 0.29) is 34.8 Å². The Labute approximate surface area is 224 Å².